The van der Waals surface area contributed by atoms with E-state index in [2.05, 4.69) is 20.7 Å². The summed E-state index contributed by atoms with van der Waals surface area (Å²) in [6, 6.07) is 16.5. The van der Waals surface area contributed by atoms with Crippen LogP contribution < -0.4 is 20.7 Å². The summed E-state index contributed by atoms with van der Waals surface area (Å²) in [6.07, 6.45) is -4.81. The van der Waals surface area contributed by atoms with Gasteiger partial charge in [0.1, 0.15) is 11.4 Å². The third-order valence-electron chi connectivity index (χ3n) is 6.15. The highest BCUT2D eigenvalue weighted by atomic mass is 35.5. The van der Waals surface area contributed by atoms with Gasteiger partial charge in [0.2, 0.25) is 5.91 Å². The van der Waals surface area contributed by atoms with Gasteiger partial charge in [-0.05, 0) is 66.2 Å². The van der Waals surface area contributed by atoms with Crippen LogP contribution in [0.1, 0.15) is 40.3 Å². The summed E-state index contributed by atoms with van der Waals surface area (Å²) >= 11 is 6.27. The minimum absolute atomic E-state index is 0.108. The average molecular weight is 587 g/mol. The lowest BCUT2D eigenvalue weighted by Gasteiger charge is -2.11. The molecule has 0 saturated carbocycles. The third-order valence-corrected chi connectivity index (χ3v) is 6.47. The monoisotopic (exact) mass is 586 g/mol. The molecule has 3 amide bonds. The molecule has 0 bridgehead atoms. The lowest BCUT2D eigenvalue weighted by atomic mass is 10.1. The van der Waals surface area contributed by atoms with Crippen molar-refractivity contribution in [2.75, 3.05) is 10.6 Å². The third kappa shape index (κ3) is 7.37. The van der Waals surface area contributed by atoms with Crippen LogP contribution in [0, 0.1) is 5.92 Å². The standard InChI is InChI=1S/C29H26ClF3N4O4/c1-16(2)26(38)34-15-17-4-10-23(30)22(12-17)27(39)36-20-7-11-24-18(13-20)14-25(37(24)3)28(40)35-19-5-8-21(9-6-19)41-29(31,32)33/h4-14,16H,15H2,1-3H3,(H,34,38)(H,35,40)(H,36,39). The summed E-state index contributed by atoms with van der Waals surface area (Å²) in [6.45, 7) is 3.82. The number of hydrogen-bond acceptors (Lipinski definition) is 4. The first kappa shape index (κ1) is 29.5. The zero-order valence-corrected chi connectivity index (χ0v) is 23.0. The quantitative estimate of drug-likeness (QED) is 0.219. The van der Waals surface area contributed by atoms with Crippen LogP contribution in [0.4, 0.5) is 24.5 Å². The van der Waals surface area contributed by atoms with Gasteiger partial charge >= 0.3 is 6.36 Å². The van der Waals surface area contributed by atoms with Crippen molar-refractivity contribution in [1.29, 1.82) is 0 Å². The van der Waals surface area contributed by atoms with Gasteiger partial charge in [0, 0.05) is 41.8 Å². The van der Waals surface area contributed by atoms with E-state index < -0.39 is 23.9 Å². The maximum Gasteiger partial charge on any atom is 0.573 e. The van der Waals surface area contributed by atoms with Crippen molar-refractivity contribution in [2.24, 2.45) is 13.0 Å². The highest BCUT2D eigenvalue weighted by molar-refractivity contribution is 6.34. The molecule has 12 heteroatoms. The number of fused-ring (bicyclic) bond motifs is 1. The summed E-state index contributed by atoms with van der Waals surface area (Å²) in [5.74, 6) is -1.60. The van der Waals surface area contributed by atoms with E-state index >= 15 is 0 Å². The summed E-state index contributed by atoms with van der Waals surface area (Å²) in [5, 5.41) is 9.17. The summed E-state index contributed by atoms with van der Waals surface area (Å²) in [7, 11) is 1.69. The predicted octanol–water partition coefficient (Wildman–Crippen LogP) is 6.51. The van der Waals surface area contributed by atoms with Gasteiger partial charge < -0.3 is 25.3 Å². The Bertz CT molecular complexity index is 1620. The topological polar surface area (TPSA) is 101 Å². The molecule has 0 radical (unpaired) electrons. The Kier molecular flexibility index (Phi) is 8.57. The molecule has 3 aromatic carbocycles. The van der Waals surface area contributed by atoms with Crippen LogP contribution >= 0.6 is 11.6 Å². The Morgan fingerprint density at radius 2 is 1.56 bits per heavy atom. The molecule has 0 unspecified atom stereocenters. The minimum Gasteiger partial charge on any atom is -0.406 e. The van der Waals surface area contributed by atoms with Gasteiger partial charge in [0.15, 0.2) is 0 Å². The van der Waals surface area contributed by atoms with Crippen LogP contribution in [0.3, 0.4) is 0 Å². The molecule has 1 heterocycles. The normalized spacial score (nSPS) is 11.4. The maximum atomic E-state index is 13.0. The van der Waals surface area contributed by atoms with E-state index in [1.165, 1.54) is 12.1 Å². The molecular formula is C29H26ClF3N4O4. The zero-order chi connectivity index (χ0) is 29.9. The van der Waals surface area contributed by atoms with Gasteiger partial charge in [-0.2, -0.15) is 0 Å². The molecule has 0 aliphatic heterocycles. The zero-order valence-electron chi connectivity index (χ0n) is 22.2. The Hall–Kier alpha value is -4.51. The number of benzene rings is 3. The largest absolute Gasteiger partial charge is 0.573 e. The van der Waals surface area contributed by atoms with Crippen LogP contribution in [0.5, 0.6) is 5.75 Å². The van der Waals surface area contributed by atoms with Crippen molar-refractivity contribution < 1.29 is 32.3 Å². The first-order chi connectivity index (χ1) is 19.3. The molecule has 214 valence electrons. The molecule has 0 aliphatic carbocycles. The first-order valence-corrected chi connectivity index (χ1v) is 12.8. The number of anilines is 2. The Labute approximate surface area is 238 Å². The van der Waals surface area contributed by atoms with Crippen LogP contribution in [0.2, 0.25) is 5.02 Å². The van der Waals surface area contributed by atoms with Crippen molar-refractivity contribution in [3.63, 3.8) is 0 Å². The highest BCUT2D eigenvalue weighted by Crippen LogP contribution is 2.27. The summed E-state index contributed by atoms with van der Waals surface area (Å²) in [4.78, 5) is 37.8. The molecule has 0 fully saturated rings. The lowest BCUT2D eigenvalue weighted by Crippen LogP contribution is -2.27. The van der Waals surface area contributed by atoms with Gasteiger partial charge in [-0.3, -0.25) is 14.4 Å². The van der Waals surface area contributed by atoms with E-state index in [0.717, 1.165) is 12.1 Å². The van der Waals surface area contributed by atoms with Crippen molar-refractivity contribution in [1.82, 2.24) is 9.88 Å². The second-order valence-electron chi connectivity index (χ2n) is 9.53. The second kappa shape index (κ2) is 11.9. The van der Waals surface area contributed by atoms with E-state index in [9.17, 15) is 27.6 Å². The number of aryl methyl sites for hydroxylation is 1. The first-order valence-electron chi connectivity index (χ1n) is 12.4. The molecular weight excluding hydrogens is 561 g/mol. The van der Waals surface area contributed by atoms with Crippen LogP contribution in [0.25, 0.3) is 10.9 Å². The number of halogens is 4. The SMILES string of the molecule is CC(C)C(=O)NCc1ccc(Cl)c(C(=O)Nc2ccc3c(c2)cc(C(=O)Nc2ccc(OC(F)(F)F)cc2)n3C)c1. The number of hydrogen-bond donors (Lipinski definition) is 3. The van der Waals surface area contributed by atoms with Crippen molar-refractivity contribution >= 4 is 51.6 Å². The van der Waals surface area contributed by atoms with Gasteiger partial charge in [-0.25, -0.2) is 0 Å². The maximum absolute atomic E-state index is 13.0. The number of carbonyl (C=O) groups is 3. The van der Waals surface area contributed by atoms with Crippen LogP contribution in [-0.4, -0.2) is 28.7 Å². The number of alkyl halides is 3. The molecule has 3 N–H and O–H groups in total. The Morgan fingerprint density at radius 3 is 2.22 bits per heavy atom. The van der Waals surface area contributed by atoms with E-state index in [4.69, 9.17) is 11.6 Å². The molecule has 0 spiro atoms. The second-order valence-corrected chi connectivity index (χ2v) is 9.94. The van der Waals surface area contributed by atoms with Gasteiger partial charge in [0.25, 0.3) is 11.8 Å². The Morgan fingerprint density at radius 1 is 0.902 bits per heavy atom. The van der Waals surface area contributed by atoms with Crippen LogP contribution in [0.15, 0.2) is 66.7 Å². The van der Waals surface area contributed by atoms with Gasteiger partial charge in [-0.1, -0.05) is 31.5 Å². The number of carbonyl (C=O) groups excluding carboxylic acids is 3. The fourth-order valence-electron chi connectivity index (χ4n) is 4.03. The Balaban J connectivity index is 1.47. The summed E-state index contributed by atoms with van der Waals surface area (Å²) < 4.78 is 42.6. The molecule has 4 aromatic rings. The number of nitrogens with one attached hydrogen (secondary N) is 3. The van der Waals surface area contributed by atoms with Crippen molar-refractivity contribution in [2.45, 2.75) is 26.8 Å². The number of rotatable bonds is 8. The molecule has 1 aromatic heterocycles. The molecule has 0 saturated heterocycles. The molecule has 0 atom stereocenters. The smallest absolute Gasteiger partial charge is 0.406 e. The fraction of sp³-hybridized carbons (Fsp3) is 0.207. The number of aromatic nitrogens is 1. The van der Waals surface area contributed by atoms with E-state index in [-0.39, 0.29) is 34.6 Å². The number of nitrogens with zero attached hydrogens (tertiary/aromatic N) is 1. The van der Waals surface area contributed by atoms with Gasteiger partial charge in [0.05, 0.1) is 10.6 Å². The van der Waals surface area contributed by atoms with Gasteiger partial charge in [-0.15, -0.1) is 13.2 Å². The molecule has 41 heavy (non-hydrogen) atoms. The minimum atomic E-state index is -4.81. The van der Waals surface area contributed by atoms with E-state index in [1.54, 1.807) is 67.9 Å². The van der Waals surface area contributed by atoms with E-state index in [0.29, 0.717) is 27.8 Å². The highest BCUT2D eigenvalue weighted by Gasteiger charge is 2.31. The van der Waals surface area contributed by atoms with Crippen molar-refractivity contribution in [3.05, 3.63) is 88.6 Å². The molecule has 8 nitrogen and oxygen atoms in total. The summed E-state index contributed by atoms with van der Waals surface area (Å²) in [5.41, 5.74) is 2.70. The average Bonchev–Trinajstić information content (AvgIpc) is 3.23. The molecule has 4 rings (SSSR count). The fourth-order valence-corrected chi connectivity index (χ4v) is 4.23. The predicted molar refractivity (Wildman–Crippen MR) is 150 cm³/mol. The van der Waals surface area contributed by atoms with Crippen LogP contribution in [-0.2, 0) is 18.4 Å². The molecule has 0 aliphatic rings. The number of ether oxygens (including phenoxy) is 1. The number of amides is 3. The lowest BCUT2D eigenvalue weighted by molar-refractivity contribution is -0.274. The van der Waals surface area contributed by atoms with Crippen molar-refractivity contribution in [3.8, 4) is 5.75 Å². The van der Waals surface area contributed by atoms with E-state index in [1.807, 2.05) is 0 Å².